The second-order valence-corrected chi connectivity index (χ2v) is 5.34. The van der Waals surface area contributed by atoms with Crippen molar-refractivity contribution in [1.29, 1.82) is 0 Å². The summed E-state index contributed by atoms with van der Waals surface area (Å²) in [4.78, 5) is 24.3. The van der Waals surface area contributed by atoms with E-state index in [1.54, 1.807) is 14.0 Å². The van der Waals surface area contributed by atoms with Gasteiger partial charge in [0.15, 0.2) is 0 Å². The Hall–Kier alpha value is -2.34. The molecule has 2 N–H and O–H groups in total. The molecule has 0 radical (unpaired) electrons. The van der Waals surface area contributed by atoms with Crippen LogP contribution < -0.4 is 10.6 Å². The first-order chi connectivity index (χ1) is 11.1. The number of nitrogens with one attached hydrogen (secondary N) is 2. The second-order valence-electron chi connectivity index (χ2n) is 5.34. The van der Waals surface area contributed by atoms with E-state index in [0.29, 0.717) is 25.3 Å². The molecule has 0 aliphatic rings. The Balaban J connectivity index is 2.24. The number of aromatic nitrogens is 1. The largest absolute Gasteiger partial charge is 0.383 e. The summed E-state index contributed by atoms with van der Waals surface area (Å²) in [5.74, 6) is -0.444. The average molecular weight is 317 g/mol. The van der Waals surface area contributed by atoms with Crippen molar-refractivity contribution in [2.24, 2.45) is 0 Å². The second kappa shape index (κ2) is 7.78. The van der Waals surface area contributed by atoms with Crippen molar-refractivity contribution in [3.63, 3.8) is 0 Å². The van der Waals surface area contributed by atoms with Gasteiger partial charge in [0.2, 0.25) is 5.91 Å². The Morgan fingerprint density at radius 1 is 1.30 bits per heavy atom. The zero-order chi connectivity index (χ0) is 16.8. The summed E-state index contributed by atoms with van der Waals surface area (Å²) in [6.45, 7) is 5.28. The van der Waals surface area contributed by atoms with Crippen LogP contribution in [0.1, 0.15) is 24.2 Å². The molecule has 0 aliphatic heterocycles. The number of nitrogens with zero attached hydrogens (tertiary/aromatic N) is 1. The first-order valence-electron chi connectivity index (χ1n) is 7.73. The molecular formula is C17H23N3O3. The first kappa shape index (κ1) is 17.0. The number of benzene rings is 1. The van der Waals surface area contributed by atoms with Gasteiger partial charge in [-0.25, -0.2) is 0 Å². The normalized spacial score (nSPS) is 12.1. The van der Waals surface area contributed by atoms with Gasteiger partial charge in [0.25, 0.3) is 5.91 Å². The number of para-hydroxylation sites is 1. The Kier molecular flexibility index (Phi) is 5.76. The van der Waals surface area contributed by atoms with E-state index < -0.39 is 6.04 Å². The standard InChI is InChI=1S/C17H23N3O3/c1-4-18-16(21)12(2)19-17(22)14-11-20(9-10-23-3)15-8-6-5-7-13(14)15/h5-8,11-12H,4,9-10H2,1-3H3,(H,18,21)(H,19,22). The highest BCUT2D eigenvalue weighted by atomic mass is 16.5. The van der Waals surface area contributed by atoms with Gasteiger partial charge in [-0.2, -0.15) is 0 Å². The number of hydrogen-bond acceptors (Lipinski definition) is 3. The third-order valence-electron chi connectivity index (χ3n) is 3.66. The van der Waals surface area contributed by atoms with E-state index >= 15 is 0 Å². The molecule has 1 atom stereocenters. The van der Waals surface area contributed by atoms with Crippen molar-refractivity contribution in [1.82, 2.24) is 15.2 Å². The molecule has 1 aromatic carbocycles. The number of fused-ring (bicyclic) bond motifs is 1. The minimum absolute atomic E-state index is 0.191. The maximum Gasteiger partial charge on any atom is 0.254 e. The number of likely N-dealkylation sites (N-methyl/N-ethyl adjacent to an activating group) is 1. The van der Waals surface area contributed by atoms with E-state index in [0.717, 1.165) is 10.9 Å². The fourth-order valence-corrected chi connectivity index (χ4v) is 2.47. The quantitative estimate of drug-likeness (QED) is 0.814. The molecule has 0 spiro atoms. The molecule has 0 fully saturated rings. The fourth-order valence-electron chi connectivity index (χ4n) is 2.47. The van der Waals surface area contributed by atoms with E-state index in [1.165, 1.54) is 0 Å². The van der Waals surface area contributed by atoms with Crippen LogP contribution in [0.4, 0.5) is 0 Å². The first-order valence-corrected chi connectivity index (χ1v) is 7.73. The van der Waals surface area contributed by atoms with Gasteiger partial charge in [-0.1, -0.05) is 18.2 Å². The van der Waals surface area contributed by atoms with Crippen LogP contribution in [-0.2, 0) is 16.1 Å². The van der Waals surface area contributed by atoms with Gasteiger partial charge < -0.3 is 19.9 Å². The van der Waals surface area contributed by atoms with Gasteiger partial charge in [-0.05, 0) is 19.9 Å². The molecule has 6 heteroatoms. The lowest BCUT2D eigenvalue weighted by Crippen LogP contribution is -2.44. The highest BCUT2D eigenvalue weighted by Gasteiger charge is 2.19. The molecule has 0 saturated heterocycles. The Labute approximate surface area is 135 Å². The van der Waals surface area contributed by atoms with Crippen LogP contribution in [0.5, 0.6) is 0 Å². The predicted molar refractivity (Wildman–Crippen MR) is 89.4 cm³/mol. The lowest BCUT2D eigenvalue weighted by atomic mass is 10.1. The van der Waals surface area contributed by atoms with Gasteiger partial charge in [-0.3, -0.25) is 9.59 Å². The monoisotopic (exact) mass is 317 g/mol. The van der Waals surface area contributed by atoms with Crippen LogP contribution >= 0.6 is 0 Å². The van der Waals surface area contributed by atoms with Crippen LogP contribution in [0.15, 0.2) is 30.5 Å². The summed E-state index contributed by atoms with van der Waals surface area (Å²) >= 11 is 0. The number of carbonyl (C=O) groups excluding carboxylic acids is 2. The van der Waals surface area contributed by atoms with Crippen molar-refractivity contribution in [2.75, 3.05) is 20.3 Å². The molecule has 1 heterocycles. The summed E-state index contributed by atoms with van der Waals surface area (Å²) in [5, 5.41) is 6.31. The molecule has 0 aliphatic carbocycles. The van der Waals surface area contributed by atoms with Gasteiger partial charge >= 0.3 is 0 Å². The maximum absolute atomic E-state index is 12.5. The van der Waals surface area contributed by atoms with Crippen LogP contribution in [-0.4, -0.2) is 42.7 Å². The zero-order valence-corrected chi connectivity index (χ0v) is 13.8. The molecular weight excluding hydrogens is 294 g/mol. The highest BCUT2D eigenvalue weighted by Crippen LogP contribution is 2.21. The lowest BCUT2D eigenvalue weighted by Gasteiger charge is -2.12. The summed E-state index contributed by atoms with van der Waals surface area (Å²) < 4.78 is 7.10. The SMILES string of the molecule is CCNC(=O)C(C)NC(=O)c1cn(CCOC)c2ccccc12. The van der Waals surface area contributed by atoms with Crippen LogP contribution in [0.3, 0.4) is 0 Å². The van der Waals surface area contributed by atoms with Crippen molar-refractivity contribution in [2.45, 2.75) is 26.4 Å². The van der Waals surface area contributed by atoms with Crippen LogP contribution in [0, 0.1) is 0 Å². The summed E-state index contributed by atoms with van der Waals surface area (Å²) in [5.41, 5.74) is 1.54. The Bertz CT molecular complexity index is 693. The highest BCUT2D eigenvalue weighted by molar-refractivity contribution is 6.08. The van der Waals surface area contributed by atoms with E-state index in [2.05, 4.69) is 10.6 Å². The number of ether oxygens (including phenoxy) is 1. The summed E-state index contributed by atoms with van der Waals surface area (Å²) in [7, 11) is 1.65. The molecule has 2 amide bonds. The summed E-state index contributed by atoms with van der Waals surface area (Å²) in [6.07, 6.45) is 1.81. The molecule has 2 rings (SSSR count). The van der Waals surface area contributed by atoms with E-state index in [1.807, 2.05) is 42.0 Å². The summed E-state index contributed by atoms with van der Waals surface area (Å²) in [6, 6.07) is 7.13. The van der Waals surface area contributed by atoms with Crippen molar-refractivity contribution < 1.29 is 14.3 Å². The molecule has 124 valence electrons. The number of rotatable bonds is 7. The van der Waals surface area contributed by atoms with Crippen molar-refractivity contribution in [3.8, 4) is 0 Å². The van der Waals surface area contributed by atoms with Crippen LogP contribution in [0.25, 0.3) is 10.9 Å². The van der Waals surface area contributed by atoms with Gasteiger partial charge in [0, 0.05) is 37.3 Å². The van der Waals surface area contributed by atoms with Crippen molar-refractivity contribution >= 4 is 22.7 Å². The molecule has 0 bridgehead atoms. The number of amides is 2. The lowest BCUT2D eigenvalue weighted by molar-refractivity contribution is -0.122. The van der Waals surface area contributed by atoms with E-state index in [9.17, 15) is 9.59 Å². The third kappa shape index (κ3) is 3.90. The predicted octanol–water partition coefficient (Wildman–Crippen LogP) is 1.54. The van der Waals surface area contributed by atoms with Crippen LogP contribution in [0.2, 0.25) is 0 Å². The Morgan fingerprint density at radius 2 is 2.04 bits per heavy atom. The molecule has 2 aromatic rings. The molecule has 6 nitrogen and oxygen atoms in total. The maximum atomic E-state index is 12.5. The number of hydrogen-bond donors (Lipinski definition) is 2. The molecule has 1 unspecified atom stereocenters. The molecule has 23 heavy (non-hydrogen) atoms. The minimum Gasteiger partial charge on any atom is -0.383 e. The van der Waals surface area contributed by atoms with Gasteiger partial charge in [0.1, 0.15) is 6.04 Å². The van der Waals surface area contributed by atoms with E-state index in [-0.39, 0.29) is 11.8 Å². The molecule has 0 saturated carbocycles. The third-order valence-corrected chi connectivity index (χ3v) is 3.66. The average Bonchev–Trinajstić information content (AvgIpc) is 2.92. The zero-order valence-electron chi connectivity index (χ0n) is 13.8. The number of methoxy groups -OCH3 is 1. The smallest absolute Gasteiger partial charge is 0.254 e. The Morgan fingerprint density at radius 3 is 2.74 bits per heavy atom. The topological polar surface area (TPSA) is 72.4 Å². The minimum atomic E-state index is -0.580. The number of carbonyl (C=O) groups is 2. The van der Waals surface area contributed by atoms with Gasteiger partial charge in [0.05, 0.1) is 12.2 Å². The van der Waals surface area contributed by atoms with Crippen molar-refractivity contribution in [3.05, 3.63) is 36.0 Å². The fraction of sp³-hybridized carbons (Fsp3) is 0.412. The van der Waals surface area contributed by atoms with Gasteiger partial charge in [-0.15, -0.1) is 0 Å². The molecule has 1 aromatic heterocycles. The van der Waals surface area contributed by atoms with E-state index in [4.69, 9.17) is 4.74 Å².